The van der Waals surface area contributed by atoms with E-state index in [1.165, 1.54) is 6.07 Å². The third-order valence-electron chi connectivity index (χ3n) is 1.94. The fraction of sp³-hybridized carbons (Fsp3) is 0.273. The van der Waals surface area contributed by atoms with E-state index in [9.17, 15) is 14.7 Å². The molecule has 1 aromatic rings. The predicted molar refractivity (Wildman–Crippen MR) is 60.2 cm³/mol. The number of benzene rings is 1. The van der Waals surface area contributed by atoms with E-state index < -0.39 is 11.8 Å². The van der Waals surface area contributed by atoms with E-state index in [-0.39, 0.29) is 11.4 Å². The fourth-order valence-corrected chi connectivity index (χ4v) is 1.17. The van der Waals surface area contributed by atoms with Crippen LogP contribution in [0.15, 0.2) is 18.2 Å². The zero-order chi connectivity index (χ0) is 12.1. The number of hydrogen-bond donors (Lipinski definition) is 3. The van der Waals surface area contributed by atoms with Crippen molar-refractivity contribution in [1.29, 1.82) is 0 Å². The van der Waals surface area contributed by atoms with Gasteiger partial charge >= 0.3 is 11.8 Å². The van der Waals surface area contributed by atoms with Crippen molar-refractivity contribution in [2.45, 2.75) is 13.8 Å². The van der Waals surface area contributed by atoms with E-state index in [0.29, 0.717) is 6.54 Å². The summed E-state index contributed by atoms with van der Waals surface area (Å²) in [7, 11) is 0. The number of amides is 2. The van der Waals surface area contributed by atoms with Gasteiger partial charge in [0, 0.05) is 6.54 Å². The monoisotopic (exact) mass is 222 g/mol. The second-order valence-electron chi connectivity index (χ2n) is 3.33. The molecule has 0 saturated carbocycles. The lowest BCUT2D eigenvalue weighted by Crippen LogP contribution is -2.35. The van der Waals surface area contributed by atoms with E-state index in [2.05, 4.69) is 10.6 Å². The summed E-state index contributed by atoms with van der Waals surface area (Å²) in [4.78, 5) is 22.4. The highest BCUT2D eigenvalue weighted by molar-refractivity contribution is 6.39. The number of carbonyl (C=O) groups excluding carboxylic acids is 2. The van der Waals surface area contributed by atoms with Crippen molar-refractivity contribution in [3.05, 3.63) is 23.8 Å². The van der Waals surface area contributed by atoms with Crippen LogP contribution in [-0.4, -0.2) is 23.5 Å². The Labute approximate surface area is 93.5 Å². The van der Waals surface area contributed by atoms with Gasteiger partial charge in [0.1, 0.15) is 5.75 Å². The molecule has 0 fully saturated rings. The molecule has 0 aliphatic rings. The Morgan fingerprint density at radius 1 is 1.31 bits per heavy atom. The molecule has 0 radical (unpaired) electrons. The van der Waals surface area contributed by atoms with Gasteiger partial charge < -0.3 is 15.7 Å². The van der Waals surface area contributed by atoms with Crippen LogP contribution in [0.5, 0.6) is 5.75 Å². The molecule has 0 atom stereocenters. The number of likely N-dealkylation sites (N-methyl/N-ethyl adjacent to an activating group) is 1. The summed E-state index contributed by atoms with van der Waals surface area (Å²) in [5.41, 5.74) is 1.09. The van der Waals surface area contributed by atoms with Crippen molar-refractivity contribution in [1.82, 2.24) is 5.32 Å². The Kier molecular flexibility index (Phi) is 3.88. The van der Waals surface area contributed by atoms with Crippen LogP contribution in [0.3, 0.4) is 0 Å². The summed E-state index contributed by atoms with van der Waals surface area (Å²) in [5.74, 6) is -1.57. The number of phenols is 1. The summed E-state index contributed by atoms with van der Waals surface area (Å²) in [6, 6.07) is 4.78. The number of carbonyl (C=O) groups is 2. The van der Waals surface area contributed by atoms with Crippen molar-refractivity contribution in [3.8, 4) is 5.75 Å². The highest BCUT2D eigenvalue weighted by atomic mass is 16.3. The minimum Gasteiger partial charge on any atom is -0.506 e. The Morgan fingerprint density at radius 3 is 2.56 bits per heavy atom. The number of hydrogen-bond acceptors (Lipinski definition) is 3. The maximum absolute atomic E-state index is 11.3. The van der Waals surface area contributed by atoms with E-state index in [4.69, 9.17) is 0 Å². The SMILES string of the molecule is CCNC(=O)C(=O)Nc1ccc(C)cc1O. The van der Waals surface area contributed by atoms with Gasteiger partial charge in [0.15, 0.2) is 0 Å². The van der Waals surface area contributed by atoms with Crippen LogP contribution in [0.25, 0.3) is 0 Å². The molecule has 0 bridgehead atoms. The van der Waals surface area contributed by atoms with E-state index in [0.717, 1.165) is 5.56 Å². The van der Waals surface area contributed by atoms with Gasteiger partial charge in [-0.25, -0.2) is 0 Å². The van der Waals surface area contributed by atoms with Crippen molar-refractivity contribution < 1.29 is 14.7 Å². The molecule has 1 aromatic carbocycles. The number of phenolic OH excluding ortho intramolecular Hbond substituents is 1. The zero-order valence-electron chi connectivity index (χ0n) is 9.20. The second kappa shape index (κ2) is 5.16. The molecule has 1 rings (SSSR count). The van der Waals surface area contributed by atoms with E-state index >= 15 is 0 Å². The van der Waals surface area contributed by atoms with Gasteiger partial charge in [0.25, 0.3) is 0 Å². The predicted octanol–water partition coefficient (Wildman–Crippen LogP) is 0.775. The number of aromatic hydroxyl groups is 1. The molecular weight excluding hydrogens is 208 g/mol. The largest absolute Gasteiger partial charge is 0.506 e. The molecule has 5 nitrogen and oxygen atoms in total. The van der Waals surface area contributed by atoms with E-state index in [1.54, 1.807) is 19.1 Å². The Balaban J connectivity index is 2.73. The average molecular weight is 222 g/mol. The lowest BCUT2D eigenvalue weighted by atomic mass is 10.2. The highest BCUT2D eigenvalue weighted by Gasteiger charge is 2.13. The fourth-order valence-electron chi connectivity index (χ4n) is 1.17. The van der Waals surface area contributed by atoms with Crippen molar-refractivity contribution in [2.75, 3.05) is 11.9 Å². The Bertz CT molecular complexity index is 416. The van der Waals surface area contributed by atoms with Gasteiger partial charge in [-0.2, -0.15) is 0 Å². The normalized spacial score (nSPS) is 9.62. The van der Waals surface area contributed by atoms with Crippen molar-refractivity contribution in [2.24, 2.45) is 0 Å². The summed E-state index contributed by atoms with van der Waals surface area (Å²) >= 11 is 0. The first-order valence-electron chi connectivity index (χ1n) is 4.93. The first-order valence-corrected chi connectivity index (χ1v) is 4.93. The third-order valence-corrected chi connectivity index (χ3v) is 1.94. The van der Waals surface area contributed by atoms with Crippen LogP contribution in [0.2, 0.25) is 0 Å². The van der Waals surface area contributed by atoms with E-state index in [1.807, 2.05) is 6.92 Å². The molecule has 3 N–H and O–H groups in total. The summed E-state index contributed by atoms with van der Waals surface area (Å²) < 4.78 is 0. The van der Waals surface area contributed by atoms with Gasteiger partial charge in [-0.3, -0.25) is 9.59 Å². The standard InChI is InChI=1S/C11H14N2O3/c1-3-12-10(15)11(16)13-8-5-4-7(2)6-9(8)14/h4-6,14H,3H2,1-2H3,(H,12,15)(H,13,16). The number of anilines is 1. The maximum atomic E-state index is 11.3. The Morgan fingerprint density at radius 2 is 2.00 bits per heavy atom. The molecule has 2 amide bonds. The summed E-state index contributed by atoms with van der Waals surface area (Å²) in [6.45, 7) is 3.91. The van der Waals surface area contributed by atoms with Gasteiger partial charge in [-0.15, -0.1) is 0 Å². The average Bonchev–Trinajstić information content (AvgIpc) is 2.22. The molecule has 0 unspecified atom stereocenters. The molecule has 0 aromatic heterocycles. The summed E-state index contributed by atoms with van der Waals surface area (Å²) in [5, 5.41) is 14.2. The molecular formula is C11H14N2O3. The second-order valence-corrected chi connectivity index (χ2v) is 3.33. The molecule has 0 aliphatic carbocycles. The topological polar surface area (TPSA) is 78.4 Å². The summed E-state index contributed by atoms with van der Waals surface area (Å²) in [6.07, 6.45) is 0. The maximum Gasteiger partial charge on any atom is 0.313 e. The van der Waals surface area contributed by atoms with Gasteiger partial charge in [-0.05, 0) is 31.5 Å². The molecule has 5 heteroatoms. The lowest BCUT2D eigenvalue weighted by molar-refractivity contribution is -0.136. The molecule has 0 aliphatic heterocycles. The Hall–Kier alpha value is -2.04. The number of nitrogens with one attached hydrogen (secondary N) is 2. The molecule has 86 valence electrons. The first-order chi connectivity index (χ1) is 7.54. The zero-order valence-corrected chi connectivity index (χ0v) is 9.20. The number of rotatable bonds is 2. The van der Waals surface area contributed by atoms with Crippen LogP contribution in [0, 0.1) is 6.92 Å². The number of aryl methyl sites for hydroxylation is 1. The highest BCUT2D eigenvalue weighted by Crippen LogP contribution is 2.23. The molecule has 0 spiro atoms. The van der Waals surface area contributed by atoms with Crippen LogP contribution in [0.1, 0.15) is 12.5 Å². The smallest absolute Gasteiger partial charge is 0.313 e. The quantitative estimate of drug-likeness (QED) is 0.511. The molecule has 0 saturated heterocycles. The van der Waals surface area contributed by atoms with Crippen LogP contribution in [-0.2, 0) is 9.59 Å². The van der Waals surface area contributed by atoms with Crippen LogP contribution < -0.4 is 10.6 Å². The van der Waals surface area contributed by atoms with Crippen molar-refractivity contribution in [3.63, 3.8) is 0 Å². The third kappa shape index (κ3) is 2.98. The minimum atomic E-state index is -0.791. The van der Waals surface area contributed by atoms with Crippen LogP contribution in [0.4, 0.5) is 5.69 Å². The van der Waals surface area contributed by atoms with Gasteiger partial charge in [0.2, 0.25) is 0 Å². The lowest BCUT2D eigenvalue weighted by Gasteiger charge is -2.07. The molecule has 16 heavy (non-hydrogen) atoms. The van der Waals surface area contributed by atoms with Gasteiger partial charge in [-0.1, -0.05) is 6.07 Å². The van der Waals surface area contributed by atoms with Gasteiger partial charge in [0.05, 0.1) is 5.69 Å². The first kappa shape index (κ1) is 12.0. The molecule has 0 heterocycles. The van der Waals surface area contributed by atoms with Crippen molar-refractivity contribution >= 4 is 17.5 Å². The van der Waals surface area contributed by atoms with Crippen LogP contribution >= 0.6 is 0 Å². The minimum absolute atomic E-state index is 0.0577.